The van der Waals surface area contributed by atoms with Gasteiger partial charge in [-0.1, -0.05) is 20.3 Å². The second-order valence-electron chi connectivity index (χ2n) is 3.75. The lowest BCUT2D eigenvalue weighted by atomic mass is 9.76. The smallest absolute Gasteiger partial charge is 0.0802 e. The number of hydrogen-bond acceptors (Lipinski definition) is 2. The van der Waals surface area contributed by atoms with Gasteiger partial charge in [0.2, 0.25) is 0 Å². The van der Waals surface area contributed by atoms with Crippen LogP contribution in [-0.2, 0) is 0 Å². The van der Waals surface area contributed by atoms with Gasteiger partial charge >= 0.3 is 0 Å². The highest BCUT2D eigenvalue weighted by Crippen LogP contribution is 2.31. The van der Waals surface area contributed by atoms with Crippen LogP contribution in [0.4, 0.5) is 0 Å². The average molecular weight is 158 g/mol. The van der Waals surface area contributed by atoms with Crippen molar-refractivity contribution in [2.75, 3.05) is 0 Å². The van der Waals surface area contributed by atoms with Gasteiger partial charge in [0.25, 0.3) is 0 Å². The lowest BCUT2D eigenvalue weighted by Crippen LogP contribution is -2.37. The molecular formula is C9H18O2. The van der Waals surface area contributed by atoms with Crippen LogP contribution < -0.4 is 0 Å². The minimum absolute atomic E-state index is 0.476. The largest absolute Gasteiger partial charge is 0.390 e. The van der Waals surface area contributed by atoms with Gasteiger partial charge in [-0.15, -0.1) is 0 Å². The van der Waals surface area contributed by atoms with E-state index in [1.54, 1.807) is 0 Å². The monoisotopic (exact) mass is 158 g/mol. The Bertz CT molecular complexity index is 125. The molecule has 0 aromatic heterocycles. The molecule has 1 aliphatic carbocycles. The van der Waals surface area contributed by atoms with Crippen LogP contribution in [0.3, 0.4) is 0 Å². The Morgan fingerprint density at radius 1 is 1.18 bits per heavy atom. The molecule has 1 aliphatic rings. The van der Waals surface area contributed by atoms with Gasteiger partial charge in [0.05, 0.1) is 12.2 Å². The third-order valence-corrected chi connectivity index (χ3v) is 2.93. The molecule has 1 saturated carbocycles. The number of hydrogen-bond donors (Lipinski definition) is 2. The first-order valence-corrected chi connectivity index (χ1v) is 4.51. The molecule has 0 saturated heterocycles. The summed E-state index contributed by atoms with van der Waals surface area (Å²) in [5.74, 6) is 1.17. The lowest BCUT2D eigenvalue weighted by Gasteiger charge is -2.34. The lowest BCUT2D eigenvalue weighted by molar-refractivity contribution is -0.0447. The average Bonchev–Trinajstić information content (AvgIpc) is 1.97. The fourth-order valence-electron chi connectivity index (χ4n) is 2.00. The van der Waals surface area contributed by atoms with Gasteiger partial charge in [0.1, 0.15) is 0 Å². The summed E-state index contributed by atoms with van der Waals surface area (Å²) in [7, 11) is 0. The van der Waals surface area contributed by atoms with Gasteiger partial charge in [0, 0.05) is 0 Å². The molecule has 0 bridgehead atoms. The van der Waals surface area contributed by atoms with Gasteiger partial charge < -0.3 is 10.2 Å². The fraction of sp³-hybridized carbons (Fsp3) is 1.00. The first-order chi connectivity index (χ1) is 5.15. The molecule has 11 heavy (non-hydrogen) atoms. The molecule has 1 fully saturated rings. The summed E-state index contributed by atoms with van der Waals surface area (Å²) in [6, 6.07) is 0. The Morgan fingerprint density at radius 3 is 2.27 bits per heavy atom. The highest BCUT2D eigenvalue weighted by Gasteiger charge is 2.31. The Balaban J connectivity index is 2.48. The normalized spacial score (nSPS) is 45.8. The summed E-state index contributed by atoms with van der Waals surface area (Å²) in [6.07, 6.45) is 1.70. The Hall–Kier alpha value is -0.0800. The summed E-state index contributed by atoms with van der Waals surface area (Å²) in [6.45, 7) is 4.30. The Morgan fingerprint density at radius 2 is 1.73 bits per heavy atom. The van der Waals surface area contributed by atoms with Crippen LogP contribution in [0.1, 0.15) is 33.1 Å². The third kappa shape index (κ3) is 1.94. The van der Waals surface area contributed by atoms with Gasteiger partial charge in [-0.2, -0.15) is 0 Å². The van der Waals surface area contributed by atoms with E-state index in [4.69, 9.17) is 0 Å². The van der Waals surface area contributed by atoms with Crippen molar-refractivity contribution in [1.82, 2.24) is 0 Å². The van der Waals surface area contributed by atoms with Crippen LogP contribution in [0.15, 0.2) is 0 Å². The standard InChI is InChI=1S/C9H18O2/c1-3-7-5-9(11)8(10)4-6(7)2/h6-11H,3-5H2,1-2H3/t6?,7-,8-,9-/m0/s1. The molecule has 0 aliphatic heterocycles. The van der Waals surface area contributed by atoms with Crippen molar-refractivity contribution in [3.8, 4) is 0 Å². The minimum atomic E-state index is -0.479. The van der Waals surface area contributed by atoms with E-state index in [0.717, 1.165) is 19.3 Å². The third-order valence-electron chi connectivity index (χ3n) is 2.93. The molecule has 66 valence electrons. The zero-order valence-electron chi connectivity index (χ0n) is 7.33. The number of rotatable bonds is 1. The van der Waals surface area contributed by atoms with E-state index < -0.39 is 12.2 Å². The number of aliphatic hydroxyl groups is 2. The molecule has 0 aromatic carbocycles. The molecule has 1 unspecified atom stereocenters. The zero-order chi connectivity index (χ0) is 8.43. The molecule has 2 heteroatoms. The van der Waals surface area contributed by atoms with Crippen molar-refractivity contribution >= 4 is 0 Å². The maximum atomic E-state index is 9.35. The second kappa shape index (κ2) is 3.55. The van der Waals surface area contributed by atoms with Crippen LogP contribution in [0, 0.1) is 11.8 Å². The summed E-state index contributed by atoms with van der Waals surface area (Å²) >= 11 is 0. The van der Waals surface area contributed by atoms with Gasteiger partial charge in [-0.25, -0.2) is 0 Å². The maximum absolute atomic E-state index is 9.35. The second-order valence-corrected chi connectivity index (χ2v) is 3.75. The molecule has 0 spiro atoms. The molecule has 4 atom stereocenters. The van der Waals surface area contributed by atoms with E-state index in [2.05, 4.69) is 13.8 Å². The fourth-order valence-corrected chi connectivity index (χ4v) is 2.00. The summed E-state index contributed by atoms with van der Waals surface area (Å²) < 4.78 is 0. The Labute approximate surface area is 68.2 Å². The van der Waals surface area contributed by atoms with E-state index in [1.165, 1.54) is 0 Å². The van der Waals surface area contributed by atoms with E-state index in [0.29, 0.717) is 11.8 Å². The zero-order valence-corrected chi connectivity index (χ0v) is 7.33. The molecule has 0 heterocycles. The highest BCUT2D eigenvalue weighted by molar-refractivity contribution is 4.82. The first kappa shape index (κ1) is 9.01. The van der Waals surface area contributed by atoms with Crippen LogP contribution in [0.25, 0.3) is 0 Å². The van der Waals surface area contributed by atoms with E-state index in [1.807, 2.05) is 0 Å². The molecule has 2 nitrogen and oxygen atoms in total. The molecule has 2 N–H and O–H groups in total. The molecular weight excluding hydrogens is 140 g/mol. The predicted molar refractivity (Wildman–Crippen MR) is 44.2 cm³/mol. The van der Waals surface area contributed by atoms with Crippen LogP contribution in [0.5, 0.6) is 0 Å². The SMILES string of the molecule is CC[C@H]1C[C@H](O)[C@@H](O)CC1C. The van der Waals surface area contributed by atoms with Crippen LogP contribution in [-0.4, -0.2) is 22.4 Å². The molecule has 0 radical (unpaired) electrons. The van der Waals surface area contributed by atoms with Crippen molar-refractivity contribution in [3.05, 3.63) is 0 Å². The van der Waals surface area contributed by atoms with Crippen molar-refractivity contribution in [1.29, 1.82) is 0 Å². The minimum Gasteiger partial charge on any atom is -0.390 e. The summed E-state index contributed by atoms with van der Waals surface area (Å²) in [5, 5.41) is 18.7. The van der Waals surface area contributed by atoms with Crippen molar-refractivity contribution in [2.24, 2.45) is 11.8 Å². The summed E-state index contributed by atoms with van der Waals surface area (Å²) in [5.41, 5.74) is 0. The van der Waals surface area contributed by atoms with Crippen molar-refractivity contribution in [3.63, 3.8) is 0 Å². The van der Waals surface area contributed by atoms with E-state index >= 15 is 0 Å². The highest BCUT2D eigenvalue weighted by atomic mass is 16.3. The molecule has 0 aromatic rings. The predicted octanol–water partition coefficient (Wildman–Crippen LogP) is 1.16. The maximum Gasteiger partial charge on any atom is 0.0802 e. The van der Waals surface area contributed by atoms with Gasteiger partial charge in [-0.3, -0.25) is 0 Å². The Kier molecular flexibility index (Phi) is 2.90. The van der Waals surface area contributed by atoms with E-state index in [-0.39, 0.29) is 0 Å². The quantitative estimate of drug-likeness (QED) is 0.601. The van der Waals surface area contributed by atoms with Crippen LogP contribution >= 0.6 is 0 Å². The van der Waals surface area contributed by atoms with Gasteiger partial charge in [-0.05, 0) is 24.7 Å². The molecule has 0 amide bonds. The number of aliphatic hydroxyl groups excluding tert-OH is 2. The van der Waals surface area contributed by atoms with Crippen molar-refractivity contribution < 1.29 is 10.2 Å². The van der Waals surface area contributed by atoms with Gasteiger partial charge in [0.15, 0.2) is 0 Å². The van der Waals surface area contributed by atoms with Crippen LogP contribution in [0.2, 0.25) is 0 Å². The first-order valence-electron chi connectivity index (χ1n) is 4.51. The summed E-state index contributed by atoms with van der Waals surface area (Å²) in [4.78, 5) is 0. The molecule has 1 rings (SSSR count). The van der Waals surface area contributed by atoms with E-state index in [9.17, 15) is 10.2 Å². The van der Waals surface area contributed by atoms with Crippen molar-refractivity contribution in [2.45, 2.75) is 45.3 Å². The topological polar surface area (TPSA) is 40.5 Å².